The number of carbonyl (C=O) groups is 5. The first kappa shape index (κ1) is 39.0. The Labute approximate surface area is 339 Å². The lowest BCUT2D eigenvalue weighted by Crippen LogP contribution is -2.54. The zero-order valence-corrected chi connectivity index (χ0v) is 33.3. The number of hydrogen-bond donors (Lipinski definition) is 2. The lowest BCUT2D eigenvalue weighted by atomic mass is 9.96. The van der Waals surface area contributed by atoms with Gasteiger partial charge in [0, 0.05) is 76.0 Å². The molecule has 3 saturated heterocycles. The Balaban J connectivity index is 0.846. The van der Waals surface area contributed by atoms with Crippen molar-refractivity contribution in [1.29, 1.82) is 0 Å². The maximum atomic E-state index is 13.3. The van der Waals surface area contributed by atoms with Crippen LogP contribution in [0.3, 0.4) is 0 Å². The molecule has 2 aromatic heterocycles. The summed E-state index contributed by atoms with van der Waals surface area (Å²) in [6.07, 6.45) is 3.02. The molecule has 2 aromatic carbocycles. The average Bonchev–Trinajstić information content (AvgIpc) is 3.46. The minimum Gasteiger partial charge on any atom is -0.477 e. The highest BCUT2D eigenvalue weighted by atomic mass is 35.5. The number of aromatic nitrogens is 3. The second-order valence-electron chi connectivity index (χ2n) is 15.4. The van der Waals surface area contributed by atoms with E-state index in [1.807, 2.05) is 24.3 Å². The molecule has 0 aliphatic carbocycles. The summed E-state index contributed by atoms with van der Waals surface area (Å²) in [6, 6.07) is 11.5. The number of fused-ring (bicyclic) bond motifs is 2. The average molecular weight is 810 g/mol. The molecule has 0 unspecified atom stereocenters. The fourth-order valence-electron chi connectivity index (χ4n) is 8.15. The number of nitrogens with one attached hydrogen (secondary N) is 2. The first-order valence-corrected chi connectivity index (χ1v) is 19.9. The Morgan fingerprint density at radius 1 is 0.931 bits per heavy atom. The van der Waals surface area contributed by atoms with Crippen molar-refractivity contribution in [3.05, 3.63) is 75.2 Å². The van der Waals surface area contributed by atoms with Gasteiger partial charge in [-0.15, -0.1) is 0 Å². The number of hydrogen-bond acceptors (Lipinski definition) is 13. The van der Waals surface area contributed by atoms with Gasteiger partial charge in [0.25, 0.3) is 17.4 Å². The summed E-state index contributed by atoms with van der Waals surface area (Å²) in [7, 11) is 1.66. The molecule has 58 heavy (non-hydrogen) atoms. The summed E-state index contributed by atoms with van der Waals surface area (Å²) >= 11 is 6.56. The number of benzene rings is 2. The van der Waals surface area contributed by atoms with E-state index in [-0.39, 0.29) is 35.5 Å². The molecule has 8 rings (SSSR count). The lowest BCUT2D eigenvalue weighted by Gasteiger charge is -2.39. The highest BCUT2D eigenvalue weighted by Crippen LogP contribution is 2.33. The SMILES string of the molecule is CC(=O)[C@@H](C)Oc1cc2cc(Nc3nc(N4CCC(CN5CCN(c6ccc7c(c6)C(=O)N([C@H]6CCC(=O)NC6=O)C7=O)CC5)CC4)ncc3Cl)ccc2n(C)c1=O. The number of Topliss-reactive ketones (excluding diaryl/α,β-unsaturated/α-hetero) is 1. The normalized spacial score (nSPS) is 19.7. The fraction of sp³-hybridized carbons (Fsp3) is 0.415. The van der Waals surface area contributed by atoms with Crippen molar-refractivity contribution in [1.82, 2.24) is 29.7 Å². The molecule has 0 bridgehead atoms. The second kappa shape index (κ2) is 15.8. The molecule has 3 fully saturated rings. The molecule has 302 valence electrons. The van der Waals surface area contributed by atoms with Crippen LogP contribution in [0.4, 0.5) is 23.1 Å². The number of imide groups is 2. The molecule has 0 saturated carbocycles. The van der Waals surface area contributed by atoms with Gasteiger partial charge in [0.1, 0.15) is 11.1 Å². The Morgan fingerprint density at radius 3 is 2.40 bits per heavy atom. The van der Waals surface area contributed by atoms with Crippen molar-refractivity contribution in [3.63, 3.8) is 0 Å². The Hall–Kier alpha value is -5.87. The Morgan fingerprint density at radius 2 is 1.67 bits per heavy atom. The third kappa shape index (κ3) is 7.61. The number of rotatable bonds is 10. The van der Waals surface area contributed by atoms with Gasteiger partial charge in [-0.05, 0) is 81.5 Å². The van der Waals surface area contributed by atoms with Gasteiger partial charge in [0.15, 0.2) is 23.5 Å². The molecule has 17 heteroatoms. The molecule has 2 atom stereocenters. The number of halogens is 1. The summed E-state index contributed by atoms with van der Waals surface area (Å²) in [6.45, 7) is 8.87. The van der Waals surface area contributed by atoms with E-state index in [2.05, 4.69) is 30.3 Å². The van der Waals surface area contributed by atoms with Gasteiger partial charge in [0.2, 0.25) is 17.8 Å². The van der Waals surface area contributed by atoms with Crippen LogP contribution in [0.1, 0.15) is 60.2 Å². The van der Waals surface area contributed by atoms with E-state index in [0.717, 1.165) is 74.6 Å². The van der Waals surface area contributed by atoms with Crippen LogP contribution in [0.25, 0.3) is 10.9 Å². The van der Waals surface area contributed by atoms with Crippen LogP contribution in [0, 0.1) is 5.92 Å². The van der Waals surface area contributed by atoms with Gasteiger partial charge >= 0.3 is 0 Å². The number of pyridine rings is 1. The number of ketones is 1. The maximum absolute atomic E-state index is 13.3. The molecule has 4 aromatic rings. The zero-order valence-electron chi connectivity index (χ0n) is 32.5. The number of amides is 4. The second-order valence-corrected chi connectivity index (χ2v) is 15.8. The quantitative estimate of drug-likeness (QED) is 0.223. The van der Waals surface area contributed by atoms with Crippen LogP contribution in [0.5, 0.6) is 5.75 Å². The number of piperidine rings is 2. The summed E-state index contributed by atoms with van der Waals surface area (Å²) < 4.78 is 7.17. The van der Waals surface area contributed by atoms with E-state index >= 15 is 0 Å². The Kier molecular flexibility index (Phi) is 10.6. The van der Waals surface area contributed by atoms with E-state index in [1.54, 1.807) is 38.4 Å². The molecule has 16 nitrogen and oxygen atoms in total. The van der Waals surface area contributed by atoms with Crippen LogP contribution >= 0.6 is 11.6 Å². The Bertz CT molecular complexity index is 2410. The molecule has 6 heterocycles. The van der Waals surface area contributed by atoms with Crippen LogP contribution in [-0.4, -0.2) is 112 Å². The van der Waals surface area contributed by atoms with Gasteiger partial charge in [0.05, 0.1) is 22.8 Å². The van der Waals surface area contributed by atoms with Gasteiger partial charge in [-0.1, -0.05) is 11.6 Å². The van der Waals surface area contributed by atoms with Crippen LogP contribution in [-0.2, 0) is 21.4 Å². The fourth-order valence-corrected chi connectivity index (χ4v) is 8.29. The zero-order chi connectivity index (χ0) is 40.8. The van der Waals surface area contributed by atoms with E-state index in [9.17, 15) is 28.8 Å². The van der Waals surface area contributed by atoms with Crippen molar-refractivity contribution in [2.75, 3.05) is 60.9 Å². The molecule has 4 aliphatic heterocycles. The van der Waals surface area contributed by atoms with E-state index < -0.39 is 35.8 Å². The molecular formula is C41H44ClN9O7. The van der Waals surface area contributed by atoms with Gasteiger partial charge < -0.3 is 24.4 Å². The van der Waals surface area contributed by atoms with Crippen LogP contribution < -0.4 is 30.7 Å². The number of anilines is 4. The van der Waals surface area contributed by atoms with E-state index in [0.29, 0.717) is 39.5 Å². The summed E-state index contributed by atoms with van der Waals surface area (Å²) in [5.41, 5.74) is 2.52. The number of piperazine rings is 1. The molecule has 0 radical (unpaired) electrons. The number of carbonyl (C=O) groups excluding carboxylic acids is 5. The maximum Gasteiger partial charge on any atom is 0.293 e. The van der Waals surface area contributed by atoms with Crippen molar-refractivity contribution >= 4 is 75.1 Å². The minimum atomic E-state index is -0.986. The van der Waals surface area contributed by atoms with Crippen molar-refractivity contribution < 1.29 is 28.7 Å². The molecule has 4 amide bonds. The van der Waals surface area contributed by atoms with E-state index in [1.165, 1.54) is 11.5 Å². The van der Waals surface area contributed by atoms with Gasteiger partial charge in [-0.25, -0.2) is 4.98 Å². The topological polar surface area (TPSA) is 179 Å². The minimum absolute atomic E-state index is 0.0816. The van der Waals surface area contributed by atoms with Gasteiger partial charge in [-0.2, -0.15) is 4.98 Å². The molecule has 4 aliphatic rings. The predicted octanol–water partition coefficient (Wildman–Crippen LogP) is 3.52. The first-order chi connectivity index (χ1) is 27.8. The van der Waals surface area contributed by atoms with Crippen molar-refractivity contribution in [2.24, 2.45) is 13.0 Å². The smallest absolute Gasteiger partial charge is 0.293 e. The molecule has 2 N–H and O–H groups in total. The number of aryl methyl sites for hydroxylation is 1. The first-order valence-electron chi connectivity index (χ1n) is 19.5. The standard InChI is InChI=1S/C41H44ClN9O7/c1-23(52)24(2)58-34-19-26-18-27(4-7-32(26)47(3)40(34)57)44-36-31(42)21-43-41(46-36)50-12-10-25(11-13-50)22-48-14-16-49(17-15-48)28-5-6-29-30(20-28)39(56)51(38(29)55)33-8-9-35(53)45-37(33)54/h4-7,18-21,24-25,33H,8-17,22H2,1-3H3,(H,43,44,46)(H,45,53,54)/t24-,33+/m1/s1. The van der Waals surface area contributed by atoms with Crippen molar-refractivity contribution in [3.8, 4) is 5.75 Å². The molecule has 0 spiro atoms. The highest BCUT2D eigenvalue weighted by Gasteiger charge is 2.45. The monoisotopic (exact) mass is 809 g/mol. The molecular weight excluding hydrogens is 766 g/mol. The van der Waals surface area contributed by atoms with E-state index in [4.69, 9.17) is 21.3 Å². The van der Waals surface area contributed by atoms with Crippen molar-refractivity contribution in [2.45, 2.75) is 51.7 Å². The van der Waals surface area contributed by atoms with Crippen LogP contribution in [0.2, 0.25) is 5.02 Å². The summed E-state index contributed by atoms with van der Waals surface area (Å²) in [5, 5.41) is 6.65. The highest BCUT2D eigenvalue weighted by molar-refractivity contribution is 6.33. The number of nitrogens with zero attached hydrogens (tertiary/aromatic N) is 7. The number of ether oxygens (including phenoxy) is 1. The predicted molar refractivity (Wildman–Crippen MR) is 217 cm³/mol. The summed E-state index contributed by atoms with van der Waals surface area (Å²) in [4.78, 5) is 92.4. The van der Waals surface area contributed by atoms with Crippen LogP contribution in [0.15, 0.2) is 53.5 Å². The van der Waals surface area contributed by atoms with Gasteiger partial charge in [-0.3, -0.25) is 43.9 Å². The lowest BCUT2D eigenvalue weighted by molar-refractivity contribution is -0.136. The third-order valence-corrected chi connectivity index (χ3v) is 11.9. The largest absolute Gasteiger partial charge is 0.477 e. The summed E-state index contributed by atoms with van der Waals surface area (Å²) in [5.74, 6) is -0.540. The third-order valence-electron chi connectivity index (χ3n) is 11.6.